The van der Waals surface area contributed by atoms with Crippen molar-refractivity contribution in [3.63, 3.8) is 0 Å². The summed E-state index contributed by atoms with van der Waals surface area (Å²) in [7, 11) is 1.73. The standard InChI is InChI=1S/C14H21NO2/c1-11(10-16-2)15-9-14-13-6-4-3-5-12(13)7-8-17-14/h3-6,11,14-15H,7-10H2,1-2H3. The minimum absolute atomic E-state index is 0.180. The lowest BCUT2D eigenvalue weighted by Crippen LogP contribution is -2.35. The van der Waals surface area contributed by atoms with E-state index in [1.807, 2.05) is 0 Å². The third kappa shape index (κ3) is 3.28. The molecule has 17 heavy (non-hydrogen) atoms. The SMILES string of the molecule is COCC(C)NCC1OCCc2ccccc21. The predicted octanol–water partition coefficient (Wildman–Crippen LogP) is 1.92. The molecule has 0 saturated heterocycles. The van der Waals surface area contributed by atoms with Gasteiger partial charge in [0.05, 0.1) is 19.3 Å². The number of methoxy groups -OCH3 is 1. The van der Waals surface area contributed by atoms with Gasteiger partial charge >= 0.3 is 0 Å². The van der Waals surface area contributed by atoms with Gasteiger partial charge < -0.3 is 14.8 Å². The van der Waals surface area contributed by atoms with Crippen LogP contribution < -0.4 is 5.32 Å². The van der Waals surface area contributed by atoms with Crippen molar-refractivity contribution in [2.45, 2.75) is 25.5 Å². The monoisotopic (exact) mass is 235 g/mol. The Morgan fingerprint density at radius 3 is 3.12 bits per heavy atom. The first kappa shape index (κ1) is 12.6. The maximum atomic E-state index is 5.83. The molecule has 2 rings (SSSR count). The second-order valence-corrected chi connectivity index (χ2v) is 4.57. The topological polar surface area (TPSA) is 30.5 Å². The minimum atomic E-state index is 0.180. The van der Waals surface area contributed by atoms with Gasteiger partial charge in [0.2, 0.25) is 0 Å². The highest BCUT2D eigenvalue weighted by Gasteiger charge is 2.20. The summed E-state index contributed by atoms with van der Waals surface area (Å²) < 4.78 is 10.9. The van der Waals surface area contributed by atoms with E-state index in [1.54, 1.807) is 7.11 Å². The molecular weight excluding hydrogens is 214 g/mol. The van der Waals surface area contributed by atoms with Gasteiger partial charge in [-0.05, 0) is 24.5 Å². The molecule has 2 atom stereocenters. The summed E-state index contributed by atoms with van der Waals surface area (Å²) in [5.74, 6) is 0. The van der Waals surface area contributed by atoms with Gasteiger partial charge in [0.1, 0.15) is 0 Å². The predicted molar refractivity (Wildman–Crippen MR) is 68.2 cm³/mol. The normalized spacial score (nSPS) is 20.9. The van der Waals surface area contributed by atoms with E-state index in [9.17, 15) is 0 Å². The van der Waals surface area contributed by atoms with Gasteiger partial charge in [0.15, 0.2) is 0 Å². The minimum Gasteiger partial charge on any atom is -0.383 e. The zero-order chi connectivity index (χ0) is 12.1. The van der Waals surface area contributed by atoms with Crippen LogP contribution in [0, 0.1) is 0 Å². The van der Waals surface area contributed by atoms with Crippen LogP contribution in [0.4, 0.5) is 0 Å². The van der Waals surface area contributed by atoms with E-state index in [2.05, 4.69) is 36.5 Å². The first-order valence-corrected chi connectivity index (χ1v) is 6.23. The largest absolute Gasteiger partial charge is 0.383 e. The number of nitrogens with one attached hydrogen (secondary N) is 1. The molecule has 1 N–H and O–H groups in total. The maximum Gasteiger partial charge on any atom is 0.0952 e. The van der Waals surface area contributed by atoms with Crippen LogP contribution in [0.5, 0.6) is 0 Å². The smallest absolute Gasteiger partial charge is 0.0952 e. The van der Waals surface area contributed by atoms with Gasteiger partial charge in [-0.3, -0.25) is 0 Å². The fraction of sp³-hybridized carbons (Fsp3) is 0.571. The molecule has 1 aromatic rings. The zero-order valence-electron chi connectivity index (χ0n) is 10.6. The quantitative estimate of drug-likeness (QED) is 0.846. The Morgan fingerprint density at radius 2 is 2.29 bits per heavy atom. The molecule has 0 aliphatic carbocycles. The summed E-state index contributed by atoms with van der Waals surface area (Å²) in [5.41, 5.74) is 2.75. The second kappa shape index (κ2) is 6.15. The number of hydrogen-bond acceptors (Lipinski definition) is 3. The van der Waals surface area contributed by atoms with Crippen LogP contribution in [0.25, 0.3) is 0 Å². The van der Waals surface area contributed by atoms with E-state index in [0.717, 1.165) is 26.2 Å². The van der Waals surface area contributed by atoms with E-state index < -0.39 is 0 Å². The van der Waals surface area contributed by atoms with Gasteiger partial charge in [-0.2, -0.15) is 0 Å². The van der Waals surface area contributed by atoms with Crippen molar-refractivity contribution in [1.29, 1.82) is 0 Å². The van der Waals surface area contributed by atoms with E-state index in [1.165, 1.54) is 11.1 Å². The van der Waals surface area contributed by atoms with Crippen molar-refractivity contribution in [2.75, 3.05) is 26.9 Å². The summed E-state index contributed by atoms with van der Waals surface area (Å²) in [5, 5.41) is 3.44. The lowest BCUT2D eigenvalue weighted by Gasteiger charge is -2.27. The number of ether oxygens (including phenoxy) is 2. The van der Waals surface area contributed by atoms with Gasteiger partial charge in [-0.25, -0.2) is 0 Å². The van der Waals surface area contributed by atoms with Crippen LogP contribution in [0.1, 0.15) is 24.2 Å². The molecule has 1 heterocycles. The van der Waals surface area contributed by atoms with E-state index in [4.69, 9.17) is 9.47 Å². The Labute approximate surface area is 103 Å². The van der Waals surface area contributed by atoms with Gasteiger partial charge in [0.25, 0.3) is 0 Å². The van der Waals surface area contributed by atoms with Crippen molar-refractivity contribution in [2.24, 2.45) is 0 Å². The fourth-order valence-corrected chi connectivity index (χ4v) is 2.26. The Morgan fingerprint density at radius 1 is 1.47 bits per heavy atom. The summed E-state index contributed by atoms with van der Waals surface area (Å²) in [6, 6.07) is 8.91. The van der Waals surface area contributed by atoms with Crippen molar-refractivity contribution in [3.05, 3.63) is 35.4 Å². The molecule has 3 heteroatoms. The Hall–Kier alpha value is -0.900. The highest BCUT2D eigenvalue weighted by molar-refractivity contribution is 5.31. The average Bonchev–Trinajstić information content (AvgIpc) is 2.36. The molecule has 1 aromatic carbocycles. The molecule has 1 aliphatic heterocycles. The third-order valence-electron chi connectivity index (χ3n) is 3.16. The number of benzene rings is 1. The van der Waals surface area contributed by atoms with Crippen LogP contribution in [0.2, 0.25) is 0 Å². The molecule has 1 aliphatic rings. The van der Waals surface area contributed by atoms with Crippen molar-refractivity contribution >= 4 is 0 Å². The Balaban J connectivity index is 1.94. The molecule has 0 radical (unpaired) electrons. The lowest BCUT2D eigenvalue weighted by molar-refractivity contribution is 0.0386. The van der Waals surface area contributed by atoms with Gasteiger partial charge in [-0.1, -0.05) is 24.3 Å². The van der Waals surface area contributed by atoms with E-state index >= 15 is 0 Å². The lowest BCUT2D eigenvalue weighted by atomic mass is 9.97. The van der Waals surface area contributed by atoms with Crippen LogP contribution in [-0.4, -0.2) is 32.9 Å². The van der Waals surface area contributed by atoms with E-state index in [-0.39, 0.29) is 6.10 Å². The molecule has 0 saturated carbocycles. The molecule has 3 nitrogen and oxygen atoms in total. The van der Waals surface area contributed by atoms with E-state index in [0.29, 0.717) is 6.04 Å². The Bertz CT molecular complexity index is 354. The molecule has 0 spiro atoms. The van der Waals surface area contributed by atoms with Crippen molar-refractivity contribution in [1.82, 2.24) is 5.32 Å². The number of hydrogen-bond donors (Lipinski definition) is 1. The number of rotatable bonds is 5. The molecule has 0 bridgehead atoms. The highest BCUT2D eigenvalue weighted by Crippen LogP contribution is 2.26. The molecule has 94 valence electrons. The summed E-state index contributed by atoms with van der Waals surface area (Å²) >= 11 is 0. The highest BCUT2D eigenvalue weighted by atomic mass is 16.5. The zero-order valence-corrected chi connectivity index (χ0v) is 10.6. The van der Waals surface area contributed by atoms with Crippen LogP contribution in [-0.2, 0) is 15.9 Å². The third-order valence-corrected chi connectivity index (χ3v) is 3.16. The van der Waals surface area contributed by atoms with Gasteiger partial charge in [0, 0.05) is 19.7 Å². The Kier molecular flexibility index (Phi) is 4.54. The summed E-state index contributed by atoms with van der Waals surface area (Å²) in [6.07, 6.45) is 1.21. The molecule has 0 aromatic heterocycles. The second-order valence-electron chi connectivity index (χ2n) is 4.57. The molecule has 2 unspecified atom stereocenters. The van der Waals surface area contributed by atoms with Crippen LogP contribution >= 0.6 is 0 Å². The fourth-order valence-electron chi connectivity index (χ4n) is 2.26. The molecule has 0 amide bonds. The van der Waals surface area contributed by atoms with Crippen molar-refractivity contribution in [3.8, 4) is 0 Å². The molecular formula is C14H21NO2. The van der Waals surface area contributed by atoms with Gasteiger partial charge in [-0.15, -0.1) is 0 Å². The van der Waals surface area contributed by atoms with Crippen molar-refractivity contribution < 1.29 is 9.47 Å². The summed E-state index contributed by atoms with van der Waals surface area (Å²) in [4.78, 5) is 0. The maximum absolute atomic E-state index is 5.83. The molecule has 0 fully saturated rings. The van der Waals surface area contributed by atoms with Crippen LogP contribution in [0.15, 0.2) is 24.3 Å². The first-order valence-electron chi connectivity index (χ1n) is 6.23. The number of fused-ring (bicyclic) bond motifs is 1. The van der Waals surface area contributed by atoms with Crippen LogP contribution in [0.3, 0.4) is 0 Å². The average molecular weight is 235 g/mol. The summed E-state index contributed by atoms with van der Waals surface area (Å²) in [6.45, 7) is 4.52. The first-order chi connectivity index (χ1) is 8.31.